The van der Waals surface area contributed by atoms with E-state index in [0.717, 1.165) is 12.1 Å². The molecule has 1 N–H and O–H groups in total. The van der Waals surface area contributed by atoms with Crippen LogP contribution in [0.2, 0.25) is 0 Å². The molecule has 1 aromatic rings. The number of carbonyl (C=O) groups excluding carboxylic acids is 2. The SMILES string of the molecule is O=C(OCCOC(=O)C(O)(C(F)(F)F)C(F)(F)F)c1ccc(I)cc1F. The monoisotopic (exact) mass is 504 g/mol. The Labute approximate surface area is 154 Å². The van der Waals surface area contributed by atoms with Gasteiger partial charge in [0.05, 0.1) is 5.56 Å². The van der Waals surface area contributed by atoms with E-state index < -0.39 is 54.5 Å². The highest BCUT2D eigenvalue weighted by atomic mass is 127. The molecule has 1 aromatic carbocycles. The van der Waals surface area contributed by atoms with Crippen molar-refractivity contribution in [3.8, 4) is 0 Å². The molecule has 0 saturated heterocycles. The largest absolute Gasteiger partial charge is 0.459 e. The summed E-state index contributed by atoms with van der Waals surface area (Å²) >= 11 is 1.75. The van der Waals surface area contributed by atoms with Gasteiger partial charge in [0.15, 0.2) is 0 Å². The first-order valence-corrected chi connectivity index (χ1v) is 7.45. The number of carbonyl (C=O) groups is 2. The molecule has 26 heavy (non-hydrogen) atoms. The Kier molecular flexibility index (Phi) is 6.84. The van der Waals surface area contributed by atoms with E-state index in [1.54, 1.807) is 22.6 Å². The molecule has 1 rings (SSSR count). The summed E-state index contributed by atoms with van der Waals surface area (Å²) in [6, 6.07) is 3.36. The van der Waals surface area contributed by atoms with Crippen molar-refractivity contribution < 1.29 is 54.9 Å². The first-order chi connectivity index (χ1) is 11.7. The molecule has 0 spiro atoms. The molecule has 0 fully saturated rings. The fourth-order valence-electron chi connectivity index (χ4n) is 1.50. The van der Waals surface area contributed by atoms with E-state index in [0.29, 0.717) is 3.57 Å². The van der Waals surface area contributed by atoms with Gasteiger partial charge in [-0.15, -0.1) is 0 Å². The normalized spacial score (nSPS) is 12.7. The van der Waals surface area contributed by atoms with Gasteiger partial charge in [-0.3, -0.25) is 0 Å². The van der Waals surface area contributed by atoms with Crippen molar-refractivity contribution in [3.05, 3.63) is 33.1 Å². The maximum Gasteiger partial charge on any atom is 0.437 e. The van der Waals surface area contributed by atoms with Gasteiger partial charge < -0.3 is 14.6 Å². The Morgan fingerprint density at radius 2 is 1.50 bits per heavy atom. The molecule has 146 valence electrons. The molecular formula is C13H8F7IO5. The summed E-state index contributed by atoms with van der Waals surface area (Å²) in [4.78, 5) is 22.6. The number of aliphatic hydroxyl groups is 1. The summed E-state index contributed by atoms with van der Waals surface area (Å²) in [7, 11) is 0. The summed E-state index contributed by atoms with van der Waals surface area (Å²) < 4.78 is 96.3. The van der Waals surface area contributed by atoms with Crippen LogP contribution < -0.4 is 0 Å². The highest BCUT2D eigenvalue weighted by molar-refractivity contribution is 14.1. The van der Waals surface area contributed by atoms with Crippen molar-refractivity contribution in [3.63, 3.8) is 0 Å². The van der Waals surface area contributed by atoms with Gasteiger partial charge in [0.2, 0.25) is 0 Å². The lowest BCUT2D eigenvalue weighted by molar-refractivity contribution is -0.357. The maximum atomic E-state index is 13.5. The van der Waals surface area contributed by atoms with Crippen LogP contribution in [0.4, 0.5) is 30.7 Å². The molecule has 0 unspecified atom stereocenters. The molecule has 0 aliphatic carbocycles. The first-order valence-electron chi connectivity index (χ1n) is 6.37. The van der Waals surface area contributed by atoms with Crippen LogP contribution in [0.15, 0.2) is 18.2 Å². The predicted octanol–water partition coefficient (Wildman–Crippen LogP) is 2.99. The van der Waals surface area contributed by atoms with Crippen molar-refractivity contribution in [1.82, 2.24) is 0 Å². The average molecular weight is 504 g/mol. The number of rotatable bonds is 5. The summed E-state index contributed by atoms with van der Waals surface area (Å²) in [5.41, 5.74) is -6.27. The Bertz CT molecular complexity index is 672. The van der Waals surface area contributed by atoms with E-state index in [4.69, 9.17) is 5.11 Å². The number of ether oxygens (including phenoxy) is 2. The lowest BCUT2D eigenvalue weighted by Crippen LogP contribution is -2.63. The Hall–Kier alpha value is -1.64. The Morgan fingerprint density at radius 1 is 1.00 bits per heavy atom. The second-order valence-corrected chi connectivity index (χ2v) is 5.85. The van der Waals surface area contributed by atoms with E-state index in [-0.39, 0.29) is 0 Å². The van der Waals surface area contributed by atoms with Crippen LogP contribution >= 0.6 is 22.6 Å². The van der Waals surface area contributed by atoms with Gasteiger partial charge in [-0.2, -0.15) is 26.3 Å². The number of hydrogen-bond donors (Lipinski definition) is 1. The lowest BCUT2D eigenvalue weighted by Gasteiger charge is -2.29. The summed E-state index contributed by atoms with van der Waals surface area (Å²) in [5, 5.41) is 8.72. The zero-order valence-electron chi connectivity index (χ0n) is 12.3. The highest BCUT2D eigenvalue weighted by Crippen LogP contribution is 2.43. The van der Waals surface area contributed by atoms with Crippen LogP contribution in [0, 0.1) is 9.39 Å². The van der Waals surface area contributed by atoms with Crippen molar-refractivity contribution in [1.29, 1.82) is 0 Å². The van der Waals surface area contributed by atoms with Gasteiger partial charge in [-0.05, 0) is 40.8 Å². The van der Waals surface area contributed by atoms with E-state index >= 15 is 0 Å². The predicted molar refractivity (Wildman–Crippen MR) is 77.4 cm³/mol. The third-order valence-electron chi connectivity index (χ3n) is 2.82. The number of halogens is 8. The quantitative estimate of drug-likeness (QED) is 0.289. The van der Waals surface area contributed by atoms with Crippen LogP contribution in [0.25, 0.3) is 0 Å². The van der Waals surface area contributed by atoms with Gasteiger partial charge in [0.1, 0.15) is 19.0 Å². The molecule has 5 nitrogen and oxygen atoms in total. The molecule has 0 bridgehead atoms. The summed E-state index contributed by atoms with van der Waals surface area (Å²) in [5.74, 6) is -5.28. The van der Waals surface area contributed by atoms with E-state index in [9.17, 15) is 40.3 Å². The average Bonchev–Trinajstić information content (AvgIpc) is 2.47. The molecule has 0 aliphatic heterocycles. The van der Waals surface area contributed by atoms with Gasteiger partial charge in [-0.1, -0.05) is 0 Å². The van der Waals surface area contributed by atoms with Gasteiger partial charge in [0, 0.05) is 3.57 Å². The molecule has 0 radical (unpaired) electrons. The smallest absolute Gasteiger partial charge is 0.437 e. The maximum absolute atomic E-state index is 13.5. The minimum absolute atomic E-state index is 0.448. The van der Waals surface area contributed by atoms with Crippen LogP contribution in [-0.4, -0.2) is 48.2 Å². The van der Waals surface area contributed by atoms with Crippen molar-refractivity contribution >= 4 is 34.5 Å². The Balaban J connectivity index is 2.67. The van der Waals surface area contributed by atoms with Crippen LogP contribution in [-0.2, 0) is 14.3 Å². The minimum atomic E-state index is -6.39. The van der Waals surface area contributed by atoms with Gasteiger partial charge >= 0.3 is 29.9 Å². The summed E-state index contributed by atoms with van der Waals surface area (Å²) in [6.45, 7) is -2.20. The standard InChI is InChI=1S/C13H8F7IO5/c14-8-5-6(21)1-2-7(8)9(22)25-3-4-26-10(23)11(24,12(15,16)17)13(18,19)20/h1-2,5,24H,3-4H2. The van der Waals surface area contributed by atoms with E-state index in [1.165, 1.54) is 6.07 Å². The molecule has 0 aliphatic rings. The highest BCUT2D eigenvalue weighted by Gasteiger charge is 2.76. The topological polar surface area (TPSA) is 72.8 Å². The fraction of sp³-hybridized carbons (Fsp3) is 0.385. The number of esters is 2. The number of benzene rings is 1. The Morgan fingerprint density at radius 3 is 1.96 bits per heavy atom. The lowest BCUT2D eigenvalue weighted by atomic mass is 10.0. The zero-order valence-corrected chi connectivity index (χ0v) is 14.4. The third kappa shape index (κ3) is 4.75. The van der Waals surface area contributed by atoms with Crippen LogP contribution in [0.5, 0.6) is 0 Å². The molecule has 13 heteroatoms. The molecule has 0 aromatic heterocycles. The van der Waals surface area contributed by atoms with Crippen molar-refractivity contribution in [2.75, 3.05) is 13.2 Å². The molecule has 0 atom stereocenters. The molecule has 0 saturated carbocycles. The van der Waals surface area contributed by atoms with Gasteiger partial charge in [0.25, 0.3) is 0 Å². The number of hydrogen-bond acceptors (Lipinski definition) is 5. The third-order valence-corrected chi connectivity index (χ3v) is 3.49. The molecular weight excluding hydrogens is 496 g/mol. The van der Waals surface area contributed by atoms with Gasteiger partial charge in [-0.25, -0.2) is 14.0 Å². The van der Waals surface area contributed by atoms with E-state index in [1.807, 2.05) is 0 Å². The fourth-order valence-corrected chi connectivity index (χ4v) is 1.95. The second-order valence-electron chi connectivity index (χ2n) is 4.60. The summed E-state index contributed by atoms with van der Waals surface area (Å²) in [6.07, 6.45) is -12.8. The number of alkyl halides is 6. The zero-order chi connectivity index (χ0) is 20.3. The van der Waals surface area contributed by atoms with Crippen molar-refractivity contribution in [2.45, 2.75) is 18.0 Å². The van der Waals surface area contributed by atoms with Crippen LogP contribution in [0.1, 0.15) is 10.4 Å². The second kappa shape index (κ2) is 7.94. The molecule has 0 amide bonds. The van der Waals surface area contributed by atoms with Crippen molar-refractivity contribution in [2.24, 2.45) is 0 Å². The van der Waals surface area contributed by atoms with E-state index in [2.05, 4.69) is 9.47 Å². The van der Waals surface area contributed by atoms with Crippen LogP contribution in [0.3, 0.4) is 0 Å². The minimum Gasteiger partial charge on any atom is -0.459 e. The first kappa shape index (κ1) is 22.4. The molecule has 0 heterocycles.